The van der Waals surface area contributed by atoms with E-state index in [1.54, 1.807) is 27.7 Å². The van der Waals surface area contributed by atoms with Crippen molar-refractivity contribution in [2.75, 3.05) is 88.7 Å². The number of ether oxygens (including phenoxy) is 18. The first kappa shape index (κ1) is 103. The Morgan fingerprint density at radius 2 is 0.496 bits per heavy atom. The number of rotatable bonds is 24. The fourth-order valence-electron chi connectivity index (χ4n) is 21.4. The second kappa shape index (κ2) is 35.9. The molecule has 2 atom stereocenters. The molecule has 0 radical (unpaired) electrons. The molecule has 8 saturated heterocycles. The Labute approximate surface area is 733 Å². The summed E-state index contributed by atoms with van der Waals surface area (Å²) >= 11 is 0. The van der Waals surface area contributed by atoms with Crippen LogP contribution in [-0.4, -0.2) is 300 Å². The first-order valence-corrected chi connectivity index (χ1v) is 44.3. The summed E-state index contributed by atoms with van der Waals surface area (Å²) < 4.78 is 114. The lowest BCUT2D eigenvalue weighted by molar-refractivity contribution is -0.407. The van der Waals surface area contributed by atoms with Gasteiger partial charge in [-0.1, -0.05) is 41.5 Å². The number of hydrogen-bond donors (Lipinski definition) is 0. The van der Waals surface area contributed by atoms with E-state index in [4.69, 9.17) is 85.3 Å². The average molecular weight is 1750 g/mol. The second-order valence-corrected chi connectivity index (χ2v) is 45.7. The number of likely N-dealkylation sites (tertiary alicyclic amines) is 6. The van der Waals surface area contributed by atoms with Gasteiger partial charge in [0.05, 0.1) is 42.7 Å². The fourth-order valence-corrected chi connectivity index (χ4v) is 21.4. The lowest BCUT2D eigenvalue weighted by Gasteiger charge is -2.58. The van der Waals surface area contributed by atoms with Crippen LogP contribution in [0.4, 0.5) is 28.8 Å². The molecule has 0 saturated carbocycles. The minimum Gasteiger partial charge on any atom is -0.459 e. The third-order valence-corrected chi connectivity index (χ3v) is 29.8. The third kappa shape index (κ3) is 22.4. The standard InChI is InChI=1S/C91H158N6O26/c1-37-64(118-68(100)112-58-39-76(7,8)92(31)77(9,10)40-58)89(120-70(102)114-60-43-80(15,16)94(33)81(17,18)44-60,121-71(103)115-61-45-82(19,20)95(34)83(21,22)46-61)66(98)108-51-74(3,4)91(110-55-88(56-111-91)53-106-57-107-54-88)75(5,6)52-109-67(99)90(122-72(104)116-62-47-84(23,24)96(35)85(25,26)48-62,123-73(105)117-63-49-86(27,28)97(36)87(29,30)50-63)65(38-2)119-69(101)113-59-41-78(11,12)93(32)79(13,14)42-59/h58-65H,37-57H2,1-36H3. The maximum Gasteiger partial charge on any atom is 0.512 e. The van der Waals surface area contributed by atoms with Crippen molar-refractivity contribution in [2.45, 2.75) is 430 Å². The third-order valence-electron chi connectivity index (χ3n) is 29.8. The van der Waals surface area contributed by atoms with E-state index in [0.29, 0.717) is 25.7 Å². The number of piperidine rings is 6. The van der Waals surface area contributed by atoms with Crippen molar-refractivity contribution in [1.29, 1.82) is 0 Å². The molecule has 8 fully saturated rings. The van der Waals surface area contributed by atoms with E-state index in [-0.39, 0.29) is 84.6 Å². The van der Waals surface area contributed by atoms with Crippen molar-refractivity contribution >= 4 is 48.9 Å². The van der Waals surface area contributed by atoms with Crippen LogP contribution in [0.1, 0.15) is 298 Å². The van der Waals surface area contributed by atoms with Gasteiger partial charge in [-0.15, -0.1) is 0 Å². The quantitative estimate of drug-likeness (QED) is 0.0492. The highest BCUT2D eigenvalue weighted by Crippen LogP contribution is 2.54. The molecule has 8 rings (SSSR count). The van der Waals surface area contributed by atoms with E-state index < -0.39 is 224 Å². The van der Waals surface area contributed by atoms with Gasteiger partial charge in [0.1, 0.15) is 56.6 Å². The fraction of sp³-hybridized carbons (Fsp3) is 0.912. The number of carbonyl (C=O) groups excluding carboxylic acids is 8. The predicted molar refractivity (Wildman–Crippen MR) is 456 cm³/mol. The Morgan fingerprint density at radius 3 is 0.683 bits per heavy atom. The normalized spacial score (nSPS) is 26.2. The zero-order chi connectivity index (χ0) is 93.3. The molecule has 0 aromatic heterocycles. The molecule has 8 aliphatic heterocycles. The van der Waals surface area contributed by atoms with E-state index in [1.807, 2.05) is 208 Å². The molecule has 2 unspecified atom stereocenters. The molecule has 0 bridgehead atoms. The topological polar surface area (TPSA) is 322 Å². The van der Waals surface area contributed by atoms with Gasteiger partial charge in [0, 0.05) is 144 Å². The molecule has 8 heterocycles. The molecule has 0 aromatic carbocycles. The van der Waals surface area contributed by atoms with E-state index in [1.165, 1.54) is 13.8 Å². The van der Waals surface area contributed by atoms with Gasteiger partial charge in [-0.2, -0.15) is 0 Å². The summed E-state index contributed by atoms with van der Waals surface area (Å²) in [6, 6.07) is 0. The number of nitrogens with zero attached hydrogens (tertiary/aromatic N) is 6. The molecular formula is C91H158N6O26. The van der Waals surface area contributed by atoms with Crippen LogP contribution in [0.15, 0.2) is 0 Å². The molecule has 0 aliphatic carbocycles. The largest absolute Gasteiger partial charge is 0.512 e. The molecule has 32 heteroatoms. The van der Waals surface area contributed by atoms with Crippen molar-refractivity contribution in [2.24, 2.45) is 16.2 Å². The molecule has 0 N–H and O–H groups in total. The van der Waals surface area contributed by atoms with E-state index in [9.17, 15) is 9.59 Å². The van der Waals surface area contributed by atoms with Crippen LogP contribution in [0.2, 0.25) is 0 Å². The van der Waals surface area contributed by atoms with Crippen molar-refractivity contribution < 1.29 is 124 Å². The Hall–Kier alpha value is -5.84. The van der Waals surface area contributed by atoms with E-state index in [2.05, 4.69) is 29.4 Å². The Balaban J connectivity index is 1.25. The van der Waals surface area contributed by atoms with Gasteiger partial charge in [0.2, 0.25) is 0 Å². The highest BCUT2D eigenvalue weighted by atomic mass is 16.9. The van der Waals surface area contributed by atoms with Crippen LogP contribution >= 0.6 is 0 Å². The zero-order valence-electron chi connectivity index (χ0n) is 81.8. The summed E-state index contributed by atoms with van der Waals surface area (Å²) in [4.78, 5) is 137. The molecular weight excluding hydrogens is 1590 g/mol. The average Bonchev–Trinajstić information content (AvgIpc) is 0.721. The van der Waals surface area contributed by atoms with Crippen LogP contribution in [0.5, 0.6) is 0 Å². The highest BCUT2D eigenvalue weighted by Gasteiger charge is 2.68. The first-order chi connectivity index (χ1) is 55.8. The molecule has 1 spiro atoms. The second-order valence-electron chi connectivity index (χ2n) is 45.7. The van der Waals surface area contributed by atoms with Crippen LogP contribution < -0.4 is 0 Å². The van der Waals surface area contributed by atoms with Crippen LogP contribution in [-0.2, 0) is 94.9 Å². The van der Waals surface area contributed by atoms with Crippen molar-refractivity contribution in [3.05, 3.63) is 0 Å². The van der Waals surface area contributed by atoms with Gasteiger partial charge < -0.3 is 85.3 Å². The molecule has 0 aromatic rings. The zero-order valence-corrected chi connectivity index (χ0v) is 81.8. The number of hydrogen-bond acceptors (Lipinski definition) is 32. The Kier molecular flexibility index (Phi) is 29.9. The summed E-state index contributed by atoms with van der Waals surface area (Å²) in [5.41, 5.74) is -10.8. The van der Waals surface area contributed by atoms with E-state index in [0.717, 1.165) is 0 Å². The van der Waals surface area contributed by atoms with Gasteiger partial charge in [0.25, 0.3) is 0 Å². The van der Waals surface area contributed by atoms with E-state index >= 15 is 28.8 Å². The highest BCUT2D eigenvalue weighted by molar-refractivity contribution is 5.85. The summed E-state index contributed by atoms with van der Waals surface area (Å²) in [6.45, 7) is 55.8. The number of esters is 2. The van der Waals surface area contributed by atoms with Crippen molar-refractivity contribution in [1.82, 2.24) is 29.4 Å². The maximum atomic E-state index is 16.5. The number of carbonyl (C=O) groups is 8. The smallest absolute Gasteiger partial charge is 0.459 e. The summed E-state index contributed by atoms with van der Waals surface area (Å²) in [7, 11) is 11.9. The monoisotopic (exact) mass is 1750 g/mol. The molecule has 0 amide bonds. The van der Waals surface area contributed by atoms with Gasteiger partial charge in [-0.3, -0.25) is 29.4 Å². The van der Waals surface area contributed by atoms with Crippen molar-refractivity contribution in [3.8, 4) is 0 Å². The Morgan fingerprint density at radius 1 is 0.309 bits per heavy atom. The maximum absolute atomic E-state index is 16.5. The first-order valence-electron chi connectivity index (χ1n) is 44.3. The minimum absolute atomic E-state index is 0.0247. The molecule has 8 aliphatic rings. The summed E-state index contributed by atoms with van der Waals surface area (Å²) in [5.74, 6) is -12.2. The Bertz CT molecular complexity index is 3310. The lowest BCUT2D eigenvalue weighted by atomic mass is 9.67. The SMILES string of the molecule is CCC(OC(=O)OC1CC(C)(C)N(C)C(C)(C)C1)C(OC(=O)OC1CC(C)(C)N(C)C(C)(C)C1)(OC(=O)OC1CC(C)(C)N(C)C(C)(C)C1)C(=O)OCC(C)(C)C1(C(C)(C)COC(=O)C(OC(=O)OC2CC(C)(C)N(C)C(C)(C)C2)(OC(=O)OC2CC(C)(C)N(C)C(C)(C)C2)C(CC)OC(=O)OC2CC(C)(C)N(C)C(C)(C)C2)OCC2(COCOC2)CO1. The van der Waals surface area contributed by atoms with Gasteiger partial charge in [-0.05, 0) is 221 Å². The van der Waals surface area contributed by atoms with Crippen molar-refractivity contribution in [3.63, 3.8) is 0 Å². The van der Waals surface area contributed by atoms with Crippen LogP contribution in [0, 0.1) is 16.2 Å². The van der Waals surface area contributed by atoms with Crippen LogP contribution in [0.3, 0.4) is 0 Å². The minimum atomic E-state index is -3.42. The van der Waals surface area contributed by atoms with Crippen LogP contribution in [0.25, 0.3) is 0 Å². The lowest BCUT2D eigenvalue weighted by Crippen LogP contribution is -2.68. The molecule has 32 nitrogen and oxygen atoms in total. The summed E-state index contributed by atoms with van der Waals surface area (Å²) in [5, 5.41) is 0. The van der Waals surface area contributed by atoms with Gasteiger partial charge in [-0.25, -0.2) is 38.4 Å². The van der Waals surface area contributed by atoms with Gasteiger partial charge in [0.15, 0.2) is 18.0 Å². The predicted octanol–water partition coefficient (Wildman–Crippen LogP) is 15.6. The molecule has 708 valence electrons. The summed E-state index contributed by atoms with van der Waals surface area (Å²) in [6.07, 6.45) is -14.6. The molecule has 123 heavy (non-hydrogen) atoms. The van der Waals surface area contributed by atoms with Gasteiger partial charge >= 0.3 is 60.4 Å².